The van der Waals surface area contributed by atoms with Crippen LogP contribution in [0.5, 0.6) is 0 Å². The lowest BCUT2D eigenvalue weighted by Crippen LogP contribution is -2.49. The maximum Gasteiger partial charge on any atom is 0.328 e. The van der Waals surface area contributed by atoms with Gasteiger partial charge in [-0.1, -0.05) is 29.5 Å². The van der Waals surface area contributed by atoms with E-state index in [1.807, 2.05) is 0 Å². The van der Waals surface area contributed by atoms with Gasteiger partial charge in [-0.15, -0.1) is 0 Å². The van der Waals surface area contributed by atoms with Crippen LogP contribution in [0.3, 0.4) is 0 Å². The number of nitrogens with zero attached hydrogens (tertiary/aromatic N) is 1. The van der Waals surface area contributed by atoms with E-state index in [9.17, 15) is 23.5 Å². The van der Waals surface area contributed by atoms with Crippen LogP contribution in [-0.2, 0) is 4.79 Å². The van der Waals surface area contributed by atoms with Crippen LogP contribution in [0.4, 0.5) is 19.6 Å². The van der Waals surface area contributed by atoms with E-state index in [1.165, 1.54) is 43.4 Å². The van der Waals surface area contributed by atoms with Gasteiger partial charge in [0.15, 0.2) is 5.13 Å². The van der Waals surface area contributed by atoms with E-state index >= 15 is 0 Å². The monoisotopic (exact) mass is 481 g/mol. The zero-order chi connectivity index (χ0) is 24.6. The van der Waals surface area contributed by atoms with Gasteiger partial charge in [0.2, 0.25) is 0 Å². The third kappa shape index (κ3) is 4.74. The van der Waals surface area contributed by atoms with E-state index in [4.69, 9.17) is 0 Å². The number of aliphatic carboxylic acids is 1. The Hall–Kier alpha value is -3.85. The van der Waals surface area contributed by atoms with Gasteiger partial charge in [0.05, 0.1) is 15.9 Å². The van der Waals surface area contributed by atoms with Crippen molar-refractivity contribution in [2.24, 2.45) is 0 Å². The predicted molar refractivity (Wildman–Crippen MR) is 129 cm³/mol. The van der Waals surface area contributed by atoms with Crippen molar-refractivity contribution in [3.05, 3.63) is 77.4 Å². The molecule has 0 fully saturated rings. The number of aromatic nitrogens is 1. The van der Waals surface area contributed by atoms with Crippen LogP contribution < -0.4 is 10.6 Å². The average molecular weight is 482 g/mol. The van der Waals surface area contributed by atoms with Gasteiger partial charge < -0.3 is 15.7 Å². The number of benzene rings is 3. The summed E-state index contributed by atoms with van der Waals surface area (Å²) in [5, 5.41) is 15.1. The number of carboxylic acid groups (broad SMARTS) is 1. The predicted octanol–water partition coefficient (Wildman–Crippen LogP) is 5.89. The summed E-state index contributed by atoms with van der Waals surface area (Å²) < 4.78 is 28.9. The molecular formula is C25H21F2N3O3S. The molecule has 0 atom stereocenters. The number of carbonyl (C=O) groups excluding carboxylic acids is 1. The van der Waals surface area contributed by atoms with E-state index in [1.54, 1.807) is 43.3 Å². The summed E-state index contributed by atoms with van der Waals surface area (Å²) >= 11 is 1.22. The zero-order valence-electron chi connectivity index (χ0n) is 18.6. The lowest BCUT2D eigenvalue weighted by atomic mass is 9.98. The Morgan fingerprint density at radius 2 is 1.71 bits per heavy atom. The first-order valence-corrected chi connectivity index (χ1v) is 11.1. The van der Waals surface area contributed by atoms with Crippen LogP contribution in [0.25, 0.3) is 21.3 Å². The van der Waals surface area contributed by atoms with Gasteiger partial charge in [-0.05, 0) is 73.9 Å². The SMILES string of the molecule is Cc1cc(-c2ccc(Nc3nc4ccc(F)cc4s3)c(F)c2)ccc1C(=O)NC(C)(C)C(=O)O. The van der Waals surface area contributed by atoms with Gasteiger partial charge >= 0.3 is 5.97 Å². The Morgan fingerprint density at radius 3 is 2.38 bits per heavy atom. The fourth-order valence-corrected chi connectivity index (χ4v) is 4.27. The molecular weight excluding hydrogens is 460 g/mol. The molecule has 4 rings (SSSR count). The number of carbonyl (C=O) groups is 2. The van der Waals surface area contributed by atoms with Crippen LogP contribution in [0.2, 0.25) is 0 Å². The Morgan fingerprint density at radius 1 is 1.00 bits per heavy atom. The molecule has 0 saturated heterocycles. The van der Waals surface area contributed by atoms with Crippen LogP contribution in [-0.4, -0.2) is 27.5 Å². The van der Waals surface area contributed by atoms with E-state index in [2.05, 4.69) is 15.6 Å². The summed E-state index contributed by atoms with van der Waals surface area (Å²) in [6.45, 7) is 4.54. The summed E-state index contributed by atoms with van der Waals surface area (Å²) in [6, 6.07) is 14.0. The van der Waals surface area contributed by atoms with Gasteiger partial charge in [-0.3, -0.25) is 4.79 Å². The van der Waals surface area contributed by atoms with Gasteiger partial charge in [0.25, 0.3) is 5.91 Å². The smallest absolute Gasteiger partial charge is 0.328 e. The number of aryl methyl sites for hydroxylation is 1. The highest BCUT2D eigenvalue weighted by Crippen LogP contribution is 2.31. The van der Waals surface area contributed by atoms with Crippen LogP contribution in [0.15, 0.2) is 54.6 Å². The highest BCUT2D eigenvalue weighted by molar-refractivity contribution is 7.22. The fraction of sp³-hybridized carbons (Fsp3) is 0.160. The van der Waals surface area contributed by atoms with Gasteiger partial charge in [-0.2, -0.15) is 0 Å². The molecule has 1 amide bonds. The minimum atomic E-state index is -1.41. The quantitative estimate of drug-likeness (QED) is 0.320. The Balaban J connectivity index is 1.54. The van der Waals surface area contributed by atoms with Crippen molar-refractivity contribution in [1.82, 2.24) is 10.3 Å². The second-order valence-corrected chi connectivity index (χ2v) is 9.40. The fourth-order valence-electron chi connectivity index (χ4n) is 3.37. The summed E-state index contributed by atoms with van der Waals surface area (Å²) in [5.74, 6) is -2.50. The first-order valence-electron chi connectivity index (χ1n) is 10.3. The maximum atomic E-state index is 14.8. The van der Waals surface area contributed by atoms with Crippen molar-refractivity contribution in [3.63, 3.8) is 0 Å². The molecule has 0 bridgehead atoms. The minimum Gasteiger partial charge on any atom is -0.480 e. The van der Waals surface area contributed by atoms with Gasteiger partial charge in [0.1, 0.15) is 17.2 Å². The highest BCUT2D eigenvalue weighted by atomic mass is 32.1. The normalized spacial score (nSPS) is 11.4. The van der Waals surface area contributed by atoms with Gasteiger partial charge in [-0.25, -0.2) is 18.6 Å². The number of anilines is 2. The van der Waals surface area contributed by atoms with E-state index < -0.39 is 23.2 Å². The van der Waals surface area contributed by atoms with Crippen molar-refractivity contribution in [2.45, 2.75) is 26.3 Å². The van der Waals surface area contributed by atoms with Crippen molar-refractivity contribution >= 4 is 44.2 Å². The van der Waals surface area contributed by atoms with Crippen molar-refractivity contribution < 1.29 is 23.5 Å². The molecule has 3 N–H and O–H groups in total. The molecule has 0 spiro atoms. The standard InChI is InChI=1S/C25H21F2N3O3S/c1-13-10-14(4-7-17(13)22(31)30-25(2,3)23(32)33)15-5-8-19(18(27)11-15)28-24-29-20-9-6-16(26)12-21(20)34-24/h4-12H,1-3H3,(H,28,29)(H,30,31)(H,32,33). The zero-order valence-corrected chi connectivity index (χ0v) is 19.4. The molecule has 174 valence electrons. The number of fused-ring (bicyclic) bond motifs is 1. The Kier molecular flexibility index (Phi) is 6.05. The van der Waals surface area contributed by atoms with E-state index in [0.29, 0.717) is 37.6 Å². The van der Waals surface area contributed by atoms with Crippen LogP contribution in [0.1, 0.15) is 29.8 Å². The van der Waals surface area contributed by atoms with Crippen molar-refractivity contribution in [1.29, 1.82) is 0 Å². The van der Waals surface area contributed by atoms with Crippen molar-refractivity contribution in [2.75, 3.05) is 5.32 Å². The largest absolute Gasteiger partial charge is 0.480 e. The van der Waals surface area contributed by atoms with Gasteiger partial charge in [0, 0.05) is 5.56 Å². The second kappa shape index (κ2) is 8.83. The van der Waals surface area contributed by atoms with E-state index in [-0.39, 0.29) is 11.5 Å². The summed E-state index contributed by atoms with van der Waals surface area (Å²) in [7, 11) is 0. The summed E-state index contributed by atoms with van der Waals surface area (Å²) in [6.07, 6.45) is 0. The average Bonchev–Trinajstić information content (AvgIpc) is 3.16. The van der Waals surface area contributed by atoms with E-state index in [0.717, 1.165) is 0 Å². The number of carboxylic acids is 1. The van der Waals surface area contributed by atoms with Crippen LogP contribution >= 0.6 is 11.3 Å². The first-order chi connectivity index (χ1) is 16.0. The van der Waals surface area contributed by atoms with Crippen molar-refractivity contribution in [3.8, 4) is 11.1 Å². The first kappa shape index (κ1) is 23.3. The number of thiazole rings is 1. The molecule has 3 aromatic carbocycles. The number of nitrogens with one attached hydrogen (secondary N) is 2. The molecule has 0 aliphatic heterocycles. The number of amides is 1. The minimum absolute atomic E-state index is 0.229. The number of halogens is 2. The molecule has 4 aromatic rings. The molecule has 34 heavy (non-hydrogen) atoms. The topological polar surface area (TPSA) is 91.3 Å². The molecule has 1 aromatic heterocycles. The molecule has 1 heterocycles. The molecule has 9 heteroatoms. The Labute approximate surface area is 198 Å². The molecule has 0 radical (unpaired) electrons. The second-order valence-electron chi connectivity index (χ2n) is 8.36. The molecule has 0 aliphatic carbocycles. The highest BCUT2D eigenvalue weighted by Gasteiger charge is 2.29. The summed E-state index contributed by atoms with van der Waals surface area (Å²) in [4.78, 5) is 28.1. The maximum absolute atomic E-state index is 14.8. The lowest BCUT2D eigenvalue weighted by Gasteiger charge is -2.21. The molecule has 6 nitrogen and oxygen atoms in total. The summed E-state index contributed by atoms with van der Waals surface area (Å²) in [5.41, 5.74) is 1.71. The number of hydrogen-bond donors (Lipinski definition) is 3. The third-order valence-corrected chi connectivity index (χ3v) is 6.26. The van der Waals surface area contributed by atoms with Crippen LogP contribution in [0, 0.1) is 18.6 Å². The number of rotatable bonds is 6. The molecule has 0 unspecified atom stereocenters. The molecule has 0 aliphatic rings. The molecule has 0 saturated carbocycles. The third-order valence-electron chi connectivity index (χ3n) is 5.33. The lowest BCUT2D eigenvalue weighted by molar-refractivity contribution is -0.143. The number of hydrogen-bond acceptors (Lipinski definition) is 5. The Bertz CT molecular complexity index is 1430.